The van der Waals surface area contributed by atoms with Gasteiger partial charge in [-0.05, 0) is 30.5 Å². The summed E-state index contributed by atoms with van der Waals surface area (Å²) in [6, 6.07) is 9.62. The van der Waals surface area contributed by atoms with Gasteiger partial charge in [-0.15, -0.1) is 0 Å². The Balaban J connectivity index is 1.99. The third kappa shape index (κ3) is 5.42. The van der Waals surface area contributed by atoms with Gasteiger partial charge in [0, 0.05) is 25.7 Å². The van der Waals surface area contributed by atoms with E-state index in [1.165, 1.54) is 30.4 Å². The number of nitrogens with zero attached hydrogens (tertiary/aromatic N) is 1. The van der Waals surface area contributed by atoms with Crippen LogP contribution in [0.1, 0.15) is 43.9 Å². The van der Waals surface area contributed by atoms with Gasteiger partial charge in [-0.1, -0.05) is 44.5 Å². The molecule has 0 spiro atoms. The fourth-order valence-electron chi connectivity index (χ4n) is 2.85. The number of benzene rings is 1. The molecule has 1 heterocycles. The van der Waals surface area contributed by atoms with Crippen LogP contribution in [0.5, 0.6) is 0 Å². The van der Waals surface area contributed by atoms with Crippen molar-refractivity contribution in [1.82, 2.24) is 10.2 Å². The lowest BCUT2D eigenvalue weighted by Crippen LogP contribution is -2.42. The molecule has 1 aromatic rings. The Morgan fingerprint density at radius 3 is 2.43 bits per heavy atom. The van der Waals surface area contributed by atoms with Crippen molar-refractivity contribution in [3.63, 3.8) is 0 Å². The molecule has 1 atom stereocenters. The molecule has 0 saturated carbocycles. The molecular formula is C18H30N2O. The molecule has 1 aliphatic heterocycles. The lowest BCUT2D eigenvalue weighted by molar-refractivity contribution is 0.0334. The molecule has 1 unspecified atom stereocenters. The molecule has 0 amide bonds. The summed E-state index contributed by atoms with van der Waals surface area (Å²) in [5, 5.41) is 3.70. The Bertz CT molecular complexity index is 385. The first-order valence-electron chi connectivity index (χ1n) is 8.45. The molecular weight excluding hydrogens is 260 g/mol. The second kappa shape index (κ2) is 9.19. The second-order valence-corrected chi connectivity index (χ2v) is 5.91. The molecule has 21 heavy (non-hydrogen) atoms. The molecule has 1 aliphatic rings. The second-order valence-electron chi connectivity index (χ2n) is 5.91. The number of nitrogens with one attached hydrogen (secondary N) is 1. The summed E-state index contributed by atoms with van der Waals surface area (Å²) in [6.07, 6.45) is 3.56. The molecule has 1 saturated heterocycles. The van der Waals surface area contributed by atoms with E-state index in [1.54, 1.807) is 0 Å². The van der Waals surface area contributed by atoms with Crippen molar-refractivity contribution in [1.29, 1.82) is 0 Å². The maximum Gasteiger partial charge on any atom is 0.0594 e. The first kappa shape index (κ1) is 16.5. The van der Waals surface area contributed by atoms with Crippen LogP contribution in [0.3, 0.4) is 0 Å². The highest BCUT2D eigenvalue weighted by Gasteiger charge is 2.17. The highest BCUT2D eigenvalue weighted by molar-refractivity contribution is 5.25. The van der Waals surface area contributed by atoms with Gasteiger partial charge in [-0.3, -0.25) is 4.90 Å². The lowest BCUT2D eigenvalue weighted by Gasteiger charge is -2.31. The third-order valence-electron chi connectivity index (χ3n) is 4.11. The number of rotatable bonds is 8. The van der Waals surface area contributed by atoms with Crippen LogP contribution < -0.4 is 5.32 Å². The topological polar surface area (TPSA) is 24.5 Å². The summed E-state index contributed by atoms with van der Waals surface area (Å²) >= 11 is 0. The van der Waals surface area contributed by atoms with Gasteiger partial charge in [0.15, 0.2) is 0 Å². The van der Waals surface area contributed by atoms with Crippen LogP contribution in [0.15, 0.2) is 24.3 Å². The van der Waals surface area contributed by atoms with Crippen LogP contribution in [0, 0.1) is 0 Å². The van der Waals surface area contributed by atoms with Gasteiger partial charge in [0.1, 0.15) is 0 Å². The predicted octanol–water partition coefficient (Wildman–Crippen LogP) is 3.01. The summed E-state index contributed by atoms with van der Waals surface area (Å²) in [4.78, 5) is 2.51. The summed E-state index contributed by atoms with van der Waals surface area (Å²) in [7, 11) is 0. The van der Waals surface area contributed by atoms with Crippen molar-refractivity contribution in [2.24, 2.45) is 0 Å². The van der Waals surface area contributed by atoms with E-state index in [0.717, 1.165) is 39.4 Å². The van der Waals surface area contributed by atoms with E-state index in [-0.39, 0.29) is 0 Å². The number of morpholine rings is 1. The summed E-state index contributed by atoms with van der Waals surface area (Å²) in [5.41, 5.74) is 2.86. The third-order valence-corrected chi connectivity index (χ3v) is 4.11. The van der Waals surface area contributed by atoms with Crippen molar-refractivity contribution in [3.8, 4) is 0 Å². The average Bonchev–Trinajstić information content (AvgIpc) is 2.53. The van der Waals surface area contributed by atoms with Crippen molar-refractivity contribution < 1.29 is 4.74 Å². The van der Waals surface area contributed by atoms with Crippen LogP contribution in [0.25, 0.3) is 0 Å². The van der Waals surface area contributed by atoms with Crippen molar-refractivity contribution in [2.45, 2.75) is 39.2 Å². The predicted molar refractivity (Wildman–Crippen MR) is 88.7 cm³/mol. The van der Waals surface area contributed by atoms with Gasteiger partial charge in [-0.25, -0.2) is 0 Å². The standard InChI is InChI=1S/C18H30N2O/c1-3-5-16-6-8-17(9-7-16)18(19-10-4-2)15-20-11-13-21-14-12-20/h6-9,18-19H,3-5,10-15H2,1-2H3. The molecule has 1 N–H and O–H groups in total. The van der Waals surface area contributed by atoms with Crippen LogP contribution >= 0.6 is 0 Å². The van der Waals surface area contributed by atoms with E-state index in [4.69, 9.17) is 4.74 Å². The Morgan fingerprint density at radius 1 is 1.10 bits per heavy atom. The first-order chi connectivity index (χ1) is 10.3. The zero-order valence-electron chi connectivity index (χ0n) is 13.6. The van der Waals surface area contributed by atoms with Gasteiger partial charge in [0.2, 0.25) is 0 Å². The molecule has 0 bridgehead atoms. The minimum atomic E-state index is 0.429. The van der Waals surface area contributed by atoms with Crippen molar-refractivity contribution >= 4 is 0 Å². The Kier molecular flexibility index (Phi) is 7.20. The number of aryl methyl sites for hydroxylation is 1. The van der Waals surface area contributed by atoms with Crippen LogP contribution in [-0.2, 0) is 11.2 Å². The average molecular weight is 290 g/mol. The molecule has 3 nitrogen and oxygen atoms in total. The molecule has 1 aromatic carbocycles. The maximum atomic E-state index is 5.45. The largest absolute Gasteiger partial charge is 0.379 e. The Morgan fingerprint density at radius 2 is 1.81 bits per heavy atom. The molecule has 1 fully saturated rings. The smallest absolute Gasteiger partial charge is 0.0594 e. The molecule has 3 heteroatoms. The van der Waals surface area contributed by atoms with E-state index in [9.17, 15) is 0 Å². The quantitative estimate of drug-likeness (QED) is 0.796. The maximum absolute atomic E-state index is 5.45. The first-order valence-corrected chi connectivity index (χ1v) is 8.45. The van der Waals surface area contributed by atoms with E-state index in [1.807, 2.05) is 0 Å². The molecule has 0 aliphatic carbocycles. The summed E-state index contributed by atoms with van der Waals surface area (Å²) in [5.74, 6) is 0. The van der Waals surface area contributed by atoms with Gasteiger partial charge in [0.05, 0.1) is 13.2 Å². The molecule has 0 radical (unpaired) electrons. The summed E-state index contributed by atoms with van der Waals surface area (Å²) in [6.45, 7) is 10.5. The fraction of sp³-hybridized carbons (Fsp3) is 0.667. The van der Waals surface area contributed by atoms with E-state index in [0.29, 0.717) is 6.04 Å². The fourth-order valence-corrected chi connectivity index (χ4v) is 2.85. The van der Waals surface area contributed by atoms with Gasteiger partial charge >= 0.3 is 0 Å². The summed E-state index contributed by atoms with van der Waals surface area (Å²) < 4.78 is 5.45. The van der Waals surface area contributed by atoms with E-state index < -0.39 is 0 Å². The number of hydrogen-bond acceptors (Lipinski definition) is 3. The minimum Gasteiger partial charge on any atom is -0.379 e. The highest BCUT2D eigenvalue weighted by atomic mass is 16.5. The van der Waals surface area contributed by atoms with Gasteiger partial charge < -0.3 is 10.1 Å². The molecule has 118 valence electrons. The van der Waals surface area contributed by atoms with E-state index >= 15 is 0 Å². The van der Waals surface area contributed by atoms with E-state index in [2.05, 4.69) is 48.3 Å². The number of hydrogen-bond donors (Lipinski definition) is 1. The van der Waals surface area contributed by atoms with Gasteiger partial charge in [0.25, 0.3) is 0 Å². The zero-order chi connectivity index (χ0) is 14.9. The lowest BCUT2D eigenvalue weighted by atomic mass is 10.0. The van der Waals surface area contributed by atoms with Crippen LogP contribution in [-0.4, -0.2) is 44.3 Å². The SMILES string of the molecule is CCCNC(CN1CCOCC1)c1ccc(CCC)cc1. The Labute approximate surface area is 129 Å². The zero-order valence-corrected chi connectivity index (χ0v) is 13.6. The minimum absolute atomic E-state index is 0.429. The molecule has 2 rings (SSSR count). The number of ether oxygens (including phenoxy) is 1. The van der Waals surface area contributed by atoms with Gasteiger partial charge in [-0.2, -0.15) is 0 Å². The molecule has 0 aromatic heterocycles. The highest BCUT2D eigenvalue weighted by Crippen LogP contribution is 2.17. The monoisotopic (exact) mass is 290 g/mol. The normalized spacial score (nSPS) is 17.8. The van der Waals surface area contributed by atoms with Crippen molar-refractivity contribution in [3.05, 3.63) is 35.4 Å². The Hall–Kier alpha value is -0.900. The van der Waals surface area contributed by atoms with Crippen molar-refractivity contribution in [2.75, 3.05) is 39.4 Å². The van der Waals surface area contributed by atoms with Crippen LogP contribution in [0.4, 0.5) is 0 Å². The van der Waals surface area contributed by atoms with Crippen LogP contribution in [0.2, 0.25) is 0 Å².